The molecule has 1 aliphatic rings. The molecule has 0 saturated heterocycles. The molecule has 1 atom stereocenters. The average molecular weight is 307 g/mol. The number of rotatable bonds is 4. The van der Waals surface area contributed by atoms with Crippen LogP contribution in [0.3, 0.4) is 0 Å². The first-order valence-corrected chi connectivity index (χ1v) is 8.27. The molecular formula is C14H17N3O3S. The summed E-state index contributed by atoms with van der Waals surface area (Å²) in [5, 5.41) is 2.97. The summed E-state index contributed by atoms with van der Waals surface area (Å²) in [4.78, 5) is 16.0. The van der Waals surface area contributed by atoms with Gasteiger partial charge in [-0.2, -0.15) is 0 Å². The highest BCUT2D eigenvalue weighted by Gasteiger charge is 2.21. The molecule has 0 aliphatic heterocycles. The number of anilines is 1. The van der Waals surface area contributed by atoms with Gasteiger partial charge in [0.15, 0.2) is 5.58 Å². The van der Waals surface area contributed by atoms with E-state index in [4.69, 9.17) is 10.2 Å². The Morgan fingerprint density at radius 2 is 2.19 bits per heavy atom. The van der Waals surface area contributed by atoms with Crippen molar-refractivity contribution in [3.05, 3.63) is 18.2 Å². The third-order valence-electron chi connectivity index (χ3n) is 3.57. The SMILES string of the molecule is Nc1ccc2oc(S(=O)CC(=O)NC3CCCC3)nc2c1. The van der Waals surface area contributed by atoms with Crippen LogP contribution in [-0.4, -0.2) is 26.9 Å². The van der Waals surface area contributed by atoms with Crippen LogP contribution in [0.5, 0.6) is 0 Å². The third-order valence-corrected chi connectivity index (χ3v) is 4.66. The number of nitrogens with zero attached hydrogens (tertiary/aromatic N) is 1. The lowest BCUT2D eigenvalue weighted by molar-refractivity contribution is -0.119. The molecule has 0 radical (unpaired) electrons. The number of carbonyl (C=O) groups excluding carboxylic acids is 1. The summed E-state index contributed by atoms with van der Waals surface area (Å²) in [5.74, 6) is -0.347. The zero-order chi connectivity index (χ0) is 14.8. The van der Waals surface area contributed by atoms with E-state index < -0.39 is 10.8 Å². The molecule has 1 unspecified atom stereocenters. The van der Waals surface area contributed by atoms with E-state index in [1.165, 1.54) is 0 Å². The maximum absolute atomic E-state index is 12.1. The summed E-state index contributed by atoms with van der Waals surface area (Å²) in [6.07, 6.45) is 4.28. The molecule has 2 aromatic rings. The van der Waals surface area contributed by atoms with Crippen LogP contribution >= 0.6 is 0 Å². The first-order valence-electron chi connectivity index (χ1n) is 6.95. The number of fused-ring (bicyclic) bond motifs is 1. The minimum atomic E-state index is -1.58. The van der Waals surface area contributed by atoms with Gasteiger partial charge in [-0.25, -0.2) is 9.19 Å². The second-order valence-corrected chi connectivity index (χ2v) is 6.57. The molecule has 1 heterocycles. The predicted molar refractivity (Wildman–Crippen MR) is 80.1 cm³/mol. The minimum absolute atomic E-state index is 0.0668. The van der Waals surface area contributed by atoms with Gasteiger partial charge < -0.3 is 15.5 Å². The lowest BCUT2D eigenvalue weighted by Gasteiger charge is -2.10. The van der Waals surface area contributed by atoms with Gasteiger partial charge in [-0.05, 0) is 31.0 Å². The van der Waals surface area contributed by atoms with Crippen LogP contribution in [0.25, 0.3) is 11.1 Å². The van der Waals surface area contributed by atoms with Gasteiger partial charge in [0.25, 0.3) is 5.22 Å². The highest BCUT2D eigenvalue weighted by atomic mass is 32.2. The number of hydrogen-bond donors (Lipinski definition) is 2. The Bertz CT molecular complexity index is 692. The van der Waals surface area contributed by atoms with Gasteiger partial charge in [0.1, 0.15) is 22.1 Å². The normalized spacial score (nSPS) is 17.1. The number of carbonyl (C=O) groups is 1. The molecule has 1 aromatic carbocycles. The van der Waals surface area contributed by atoms with Crippen molar-refractivity contribution in [3.63, 3.8) is 0 Å². The van der Waals surface area contributed by atoms with Gasteiger partial charge in [-0.15, -0.1) is 0 Å². The summed E-state index contributed by atoms with van der Waals surface area (Å²) in [5.41, 5.74) is 7.29. The van der Waals surface area contributed by atoms with Gasteiger partial charge >= 0.3 is 0 Å². The minimum Gasteiger partial charge on any atom is -0.430 e. The second kappa shape index (κ2) is 5.85. The van der Waals surface area contributed by atoms with E-state index >= 15 is 0 Å². The quantitative estimate of drug-likeness (QED) is 0.836. The van der Waals surface area contributed by atoms with Crippen LogP contribution < -0.4 is 11.1 Å². The first-order chi connectivity index (χ1) is 10.1. The molecule has 6 nitrogen and oxygen atoms in total. The summed E-state index contributed by atoms with van der Waals surface area (Å²) in [7, 11) is -1.58. The standard InChI is InChI=1S/C14H17N3O3S/c15-9-5-6-12-11(7-9)17-14(20-12)21(19)8-13(18)16-10-3-1-2-4-10/h5-7,10H,1-4,8,15H2,(H,16,18). The lowest BCUT2D eigenvalue weighted by Crippen LogP contribution is -2.35. The third kappa shape index (κ3) is 3.24. The molecule has 1 fully saturated rings. The highest BCUT2D eigenvalue weighted by molar-refractivity contribution is 7.85. The van der Waals surface area contributed by atoms with Crippen molar-refractivity contribution in [2.75, 3.05) is 11.5 Å². The number of benzene rings is 1. The molecular weight excluding hydrogens is 290 g/mol. The molecule has 1 aromatic heterocycles. The number of hydrogen-bond acceptors (Lipinski definition) is 5. The molecule has 1 aliphatic carbocycles. The van der Waals surface area contributed by atoms with Gasteiger partial charge in [0, 0.05) is 11.7 Å². The summed E-state index contributed by atoms with van der Waals surface area (Å²) in [6.45, 7) is 0. The molecule has 7 heteroatoms. The fraction of sp³-hybridized carbons (Fsp3) is 0.429. The van der Waals surface area contributed by atoms with E-state index in [9.17, 15) is 9.00 Å². The monoisotopic (exact) mass is 307 g/mol. The van der Waals surface area contributed by atoms with Crippen molar-refractivity contribution < 1.29 is 13.4 Å². The predicted octanol–water partition coefficient (Wildman–Crippen LogP) is 1.58. The van der Waals surface area contributed by atoms with Gasteiger partial charge in [0.05, 0.1) is 0 Å². The number of nitrogens with two attached hydrogens (primary N) is 1. The van der Waals surface area contributed by atoms with Crippen LogP contribution in [0.1, 0.15) is 25.7 Å². The second-order valence-electron chi connectivity index (χ2n) is 5.25. The first kappa shape index (κ1) is 14.1. The van der Waals surface area contributed by atoms with Gasteiger partial charge in [-0.3, -0.25) is 4.79 Å². The number of nitrogens with one attached hydrogen (secondary N) is 1. The molecule has 0 bridgehead atoms. The fourth-order valence-corrected chi connectivity index (χ4v) is 3.37. The van der Waals surface area contributed by atoms with E-state index in [2.05, 4.69) is 10.3 Å². The number of amides is 1. The largest absolute Gasteiger partial charge is 0.430 e. The fourth-order valence-electron chi connectivity index (χ4n) is 2.54. The zero-order valence-electron chi connectivity index (χ0n) is 11.5. The molecule has 1 saturated carbocycles. The van der Waals surface area contributed by atoms with Crippen LogP contribution in [0.2, 0.25) is 0 Å². The summed E-state index contributed by atoms with van der Waals surface area (Å²) in [6, 6.07) is 5.24. The molecule has 21 heavy (non-hydrogen) atoms. The summed E-state index contributed by atoms with van der Waals surface area (Å²) < 4.78 is 17.6. The zero-order valence-corrected chi connectivity index (χ0v) is 12.3. The van der Waals surface area contributed by atoms with Crippen LogP contribution in [0, 0.1) is 0 Å². The van der Waals surface area contributed by atoms with E-state index in [1.807, 2.05) is 0 Å². The van der Waals surface area contributed by atoms with Gasteiger partial charge in [-0.1, -0.05) is 12.8 Å². The van der Waals surface area contributed by atoms with Crippen molar-refractivity contribution in [3.8, 4) is 0 Å². The van der Waals surface area contributed by atoms with Gasteiger partial charge in [0.2, 0.25) is 5.91 Å². The molecule has 3 rings (SSSR count). The topological polar surface area (TPSA) is 98.2 Å². The molecule has 1 amide bonds. The van der Waals surface area contributed by atoms with Crippen LogP contribution in [0.15, 0.2) is 27.8 Å². The Morgan fingerprint density at radius 1 is 1.43 bits per heavy atom. The average Bonchev–Trinajstić information content (AvgIpc) is 3.06. The number of aromatic nitrogens is 1. The van der Waals surface area contributed by atoms with E-state index in [-0.39, 0.29) is 22.9 Å². The maximum atomic E-state index is 12.1. The number of nitrogen functional groups attached to an aromatic ring is 1. The van der Waals surface area contributed by atoms with Crippen molar-refractivity contribution in [1.82, 2.24) is 10.3 Å². The van der Waals surface area contributed by atoms with Crippen molar-refractivity contribution in [2.45, 2.75) is 36.9 Å². The Morgan fingerprint density at radius 3 is 2.95 bits per heavy atom. The van der Waals surface area contributed by atoms with Crippen molar-refractivity contribution in [2.24, 2.45) is 0 Å². The maximum Gasteiger partial charge on any atom is 0.288 e. The Hall–Kier alpha value is -1.89. The van der Waals surface area contributed by atoms with Crippen LogP contribution in [0.4, 0.5) is 5.69 Å². The van der Waals surface area contributed by atoms with Crippen molar-refractivity contribution >= 4 is 33.5 Å². The van der Waals surface area contributed by atoms with Crippen molar-refractivity contribution in [1.29, 1.82) is 0 Å². The van der Waals surface area contributed by atoms with E-state index in [0.717, 1.165) is 25.7 Å². The highest BCUT2D eigenvalue weighted by Crippen LogP contribution is 2.20. The Labute approximate surface area is 124 Å². The van der Waals surface area contributed by atoms with E-state index in [0.29, 0.717) is 16.8 Å². The summed E-state index contributed by atoms with van der Waals surface area (Å²) >= 11 is 0. The smallest absolute Gasteiger partial charge is 0.288 e. The number of oxazole rings is 1. The van der Waals surface area contributed by atoms with E-state index in [1.54, 1.807) is 18.2 Å². The van der Waals surface area contributed by atoms with Crippen LogP contribution in [-0.2, 0) is 15.6 Å². The lowest BCUT2D eigenvalue weighted by atomic mass is 10.2. The Kier molecular flexibility index (Phi) is 3.92. The molecule has 0 spiro atoms. The Balaban J connectivity index is 1.67. The molecule has 3 N–H and O–H groups in total. The molecule has 112 valence electrons.